The number of nitrogens with zero attached hydrogens (tertiary/aromatic N) is 1. The van der Waals surface area contributed by atoms with Crippen LogP contribution in [0, 0.1) is 6.92 Å². The highest BCUT2D eigenvalue weighted by Gasteiger charge is 2.21. The van der Waals surface area contributed by atoms with E-state index in [1.54, 1.807) is 6.92 Å². The Balaban J connectivity index is 1.98. The zero-order valence-corrected chi connectivity index (χ0v) is 15.6. The molecule has 0 radical (unpaired) electrons. The van der Waals surface area contributed by atoms with Crippen LogP contribution in [0.15, 0.2) is 52.4 Å². The standard InChI is InChI=1S/C17H19N3O6S/c1-4-9-18-27(23,24)14-7-5-13(6-8-14)17(22)25-12(3)16(21)19-15-10-11(2)26-20-15/h4-8,10,12,18H,1,9H2,2-3H3,(H,19,20,21)/t12-/m0/s1. The van der Waals surface area contributed by atoms with Gasteiger partial charge in [-0.3, -0.25) is 4.79 Å². The van der Waals surface area contributed by atoms with Crippen molar-refractivity contribution in [3.8, 4) is 0 Å². The second-order valence-corrected chi connectivity index (χ2v) is 7.29. The van der Waals surface area contributed by atoms with E-state index < -0.39 is 28.0 Å². The molecule has 1 heterocycles. The van der Waals surface area contributed by atoms with Crippen LogP contribution in [0.1, 0.15) is 23.0 Å². The van der Waals surface area contributed by atoms with Crippen LogP contribution in [0.3, 0.4) is 0 Å². The molecule has 1 atom stereocenters. The van der Waals surface area contributed by atoms with E-state index in [2.05, 4.69) is 21.8 Å². The van der Waals surface area contributed by atoms with Crippen LogP contribution in [0.2, 0.25) is 0 Å². The summed E-state index contributed by atoms with van der Waals surface area (Å²) in [7, 11) is -3.69. The first-order valence-electron chi connectivity index (χ1n) is 7.88. The maximum atomic E-state index is 12.1. The number of sulfonamides is 1. The van der Waals surface area contributed by atoms with E-state index in [0.29, 0.717) is 5.76 Å². The highest BCUT2D eigenvalue weighted by molar-refractivity contribution is 7.89. The average molecular weight is 393 g/mol. The smallest absolute Gasteiger partial charge is 0.338 e. The second kappa shape index (κ2) is 8.60. The number of hydrogen-bond acceptors (Lipinski definition) is 7. The first-order chi connectivity index (χ1) is 12.7. The quantitative estimate of drug-likeness (QED) is 0.515. The average Bonchev–Trinajstić information content (AvgIpc) is 3.04. The maximum absolute atomic E-state index is 12.1. The van der Waals surface area contributed by atoms with Crippen molar-refractivity contribution in [2.45, 2.75) is 24.8 Å². The molecule has 27 heavy (non-hydrogen) atoms. The molecule has 1 aromatic carbocycles. The molecule has 0 bridgehead atoms. The van der Waals surface area contributed by atoms with E-state index in [1.807, 2.05) is 0 Å². The van der Waals surface area contributed by atoms with Gasteiger partial charge in [-0.25, -0.2) is 17.9 Å². The summed E-state index contributed by atoms with van der Waals surface area (Å²) in [5, 5.41) is 6.06. The van der Waals surface area contributed by atoms with Crippen molar-refractivity contribution in [3.05, 3.63) is 54.3 Å². The highest BCUT2D eigenvalue weighted by atomic mass is 32.2. The number of ether oxygens (including phenoxy) is 1. The van der Waals surface area contributed by atoms with Crippen molar-refractivity contribution < 1.29 is 27.3 Å². The lowest BCUT2D eigenvalue weighted by Gasteiger charge is -2.12. The molecule has 2 aromatic rings. The van der Waals surface area contributed by atoms with Crippen molar-refractivity contribution in [3.63, 3.8) is 0 Å². The molecule has 0 fully saturated rings. The van der Waals surface area contributed by atoms with Crippen molar-refractivity contribution in [2.75, 3.05) is 11.9 Å². The van der Waals surface area contributed by atoms with Gasteiger partial charge in [0.05, 0.1) is 10.5 Å². The lowest BCUT2D eigenvalue weighted by Crippen LogP contribution is -2.30. The molecule has 9 nitrogen and oxygen atoms in total. The van der Waals surface area contributed by atoms with Crippen LogP contribution in [0.25, 0.3) is 0 Å². The second-order valence-electron chi connectivity index (χ2n) is 5.52. The third kappa shape index (κ3) is 5.50. The molecular formula is C17H19N3O6S. The van der Waals surface area contributed by atoms with E-state index in [-0.39, 0.29) is 22.8 Å². The van der Waals surface area contributed by atoms with Crippen molar-refractivity contribution in [1.29, 1.82) is 0 Å². The zero-order valence-electron chi connectivity index (χ0n) is 14.8. The minimum Gasteiger partial charge on any atom is -0.449 e. The maximum Gasteiger partial charge on any atom is 0.338 e. The monoisotopic (exact) mass is 393 g/mol. The number of benzene rings is 1. The number of carbonyl (C=O) groups excluding carboxylic acids is 2. The first-order valence-corrected chi connectivity index (χ1v) is 9.37. The summed E-state index contributed by atoms with van der Waals surface area (Å²) in [5.41, 5.74) is 0.106. The largest absolute Gasteiger partial charge is 0.449 e. The van der Waals surface area contributed by atoms with Crippen LogP contribution in [0.5, 0.6) is 0 Å². The molecular weight excluding hydrogens is 374 g/mol. The van der Waals surface area contributed by atoms with Gasteiger partial charge in [0.15, 0.2) is 11.9 Å². The number of nitrogens with one attached hydrogen (secondary N) is 2. The van der Waals surface area contributed by atoms with E-state index in [4.69, 9.17) is 9.26 Å². The fraction of sp³-hybridized carbons (Fsp3) is 0.235. The number of aromatic nitrogens is 1. The Morgan fingerprint density at radius 3 is 2.56 bits per heavy atom. The Hall–Kier alpha value is -2.98. The highest BCUT2D eigenvalue weighted by Crippen LogP contribution is 2.13. The van der Waals surface area contributed by atoms with Crippen molar-refractivity contribution in [2.24, 2.45) is 0 Å². The number of hydrogen-bond donors (Lipinski definition) is 2. The molecule has 0 aliphatic rings. The molecule has 0 spiro atoms. The summed E-state index contributed by atoms with van der Waals surface area (Å²) in [5.74, 6) is -0.615. The van der Waals surface area contributed by atoms with Crippen LogP contribution in [-0.2, 0) is 19.6 Å². The summed E-state index contributed by atoms with van der Waals surface area (Å²) in [6.07, 6.45) is 0.322. The Kier molecular flexibility index (Phi) is 6.48. The van der Waals surface area contributed by atoms with Crippen LogP contribution in [0.4, 0.5) is 5.82 Å². The van der Waals surface area contributed by atoms with Crippen molar-refractivity contribution >= 4 is 27.7 Å². The third-order valence-electron chi connectivity index (χ3n) is 3.35. The summed E-state index contributed by atoms with van der Waals surface area (Å²) in [6.45, 7) is 6.59. The summed E-state index contributed by atoms with van der Waals surface area (Å²) < 4.78 is 36.2. The molecule has 0 aliphatic heterocycles. The van der Waals surface area contributed by atoms with E-state index in [0.717, 1.165) is 0 Å². The fourth-order valence-corrected chi connectivity index (χ4v) is 2.96. The summed E-state index contributed by atoms with van der Waals surface area (Å²) >= 11 is 0. The Bertz CT molecular complexity index is 934. The molecule has 0 aliphatic carbocycles. The third-order valence-corrected chi connectivity index (χ3v) is 4.79. The first kappa shape index (κ1) is 20.3. The number of rotatable bonds is 8. The topological polar surface area (TPSA) is 128 Å². The predicted molar refractivity (Wildman–Crippen MR) is 96.6 cm³/mol. The fourth-order valence-electron chi connectivity index (χ4n) is 1.96. The lowest BCUT2D eigenvalue weighted by molar-refractivity contribution is -0.123. The molecule has 1 amide bonds. The van der Waals surface area contributed by atoms with Crippen molar-refractivity contribution in [1.82, 2.24) is 9.88 Å². The van der Waals surface area contributed by atoms with Gasteiger partial charge in [-0.2, -0.15) is 0 Å². The lowest BCUT2D eigenvalue weighted by atomic mass is 10.2. The minimum atomic E-state index is -3.69. The van der Waals surface area contributed by atoms with Gasteiger partial charge in [-0.1, -0.05) is 11.2 Å². The summed E-state index contributed by atoms with van der Waals surface area (Å²) in [6, 6.07) is 6.66. The summed E-state index contributed by atoms with van der Waals surface area (Å²) in [4.78, 5) is 24.1. The Morgan fingerprint density at radius 2 is 2.00 bits per heavy atom. The molecule has 144 valence electrons. The number of amides is 1. The van der Waals surface area contributed by atoms with Crippen LogP contribution >= 0.6 is 0 Å². The van der Waals surface area contributed by atoms with E-state index in [1.165, 1.54) is 43.3 Å². The van der Waals surface area contributed by atoms with Crippen LogP contribution in [-0.4, -0.2) is 38.1 Å². The van der Waals surface area contributed by atoms with Crippen LogP contribution < -0.4 is 10.0 Å². The number of esters is 1. The van der Waals surface area contributed by atoms with Gasteiger partial charge in [-0.15, -0.1) is 6.58 Å². The number of aryl methyl sites for hydroxylation is 1. The SMILES string of the molecule is C=CCNS(=O)(=O)c1ccc(C(=O)O[C@@H](C)C(=O)Nc2cc(C)on2)cc1. The predicted octanol–water partition coefficient (Wildman–Crippen LogP) is 1.63. The van der Waals surface area contributed by atoms with E-state index >= 15 is 0 Å². The zero-order chi connectivity index (χ0) is 20.0. The Labute approximate surface area is 156 Å². The molecule has 10 heteroatoms. The van der Waals surface area contributed by atoms with Gasteiger partial charge in [0, 0.05) is 12.6 Å². The number of carbonyl (C=O) groups is 2. The van der Waals surface area contributed by atoms with Gasteiger partial charge >= 0.3 is 5.97 Å². The molecule has 0 saturated carbocycles. The normalized spacial score (nSPS) is 12.2. The van der Waals surface area contributed by atoms with Gasteiger partial charge in [0.1, 0.15) is 5.76 Å². The van der Waals surface area contributed by atoms with Gasteiger partial charge < -0.3 is 14.6 Å². The molecule has 1 aromatic heterocycles. The molecule has 2 rings (SSSR count). The molecule has 0 unspecified atom stereocenters. The van der Waals surface area contributed by atoms with E-state index in [9.17, 15) is 18.0 Å². The minimum absolute atomic E-state index is 0.00639. The molecule has 2 N–H and O–H groups in total. The van der Waals surface area contributed by atoms with Gasteiger partial charge in [-0.05, 0) is 38.1 Å². The molecule has 0 saturated heterocycles. The van der Waals surface area contributed by atoms with Gasteiger partial charge in [0.2, 0.25) is 10.0 Å². The van der Waals surface area contributed by atoms with Gasteiger partial charge in [0.25, 0.3) is 5.91 Å². The number of anilines is 1. The Morgan fingerprint density at radius 1 is 1.33 bits per heavy atom.